The van der Waals surface area contributed by atoms with Crippen LogP contribution in [0.15, 0.2) is 22.6 Å². The standard InChI is InChI=1S/C16H21NO4/c1-10-6-5-7-13-11(2)15(21-14(10)13)16(19)17(3)8-12(18)9-20-4/h5-7,12,18H,8-9H2,1-4H3. The first-order valence-corrected chi connectivity index (χ1v) is 6.87. The van der Waals surface area contributed by atoms with Crippen LogP contribution < -0.4 is 0 Å². The van der Waals surface area contributed by atoms with Crippen LogP contribution in [0.5, 0.6) is 0 Å². The number of aryl methyl sites for hydroxylation is 2. The molecule has 1 aromatic carbocycles. The van der Waals surface area contributed by atoms with E-state index in [-0.39, 0.29) is 19.1 Å². The number of likely N-dealkylation sites (N-methyl/N-ethyl adjacent to an activating group) is 1. The lowest BCUT2D eigenvalue weighted by Gasteiger charge is -2.19. The van der Waals surface area contributed by atoms with Crippen LogP contribution in [-0.4, -0.2) is 49.3 Å². The minimum absolute atomic E-state index is 0.190. The number of carbonyl (C=O) groups is 1. The predicted octanol–water partition coefficient (Wildman–Crippen LogP) is 2.13. The van der Waals surface area contributed by atoms with Crippen molar-refractivity contribution < 1.29 is 19.1 Å². The summed E-state index contributed by atoms with van der Waals surface area (Å²) in [6.07, 6.45) is -0.713. The molecule has 2 rings (SSSR count). The van der Waals surface area contributed by atoms with Gasteiger partial charge >= 0.3 is 0 Å². The van der Waals surface area contributed by atoms with Crippen molar-refractivity contribution in [3.8, 4) is 0 Å². The van der Waals surface area contributed by atoms with Crippen molar-refractivity contribution >= 4 is 16.9 Å². The highest BCUT2D eigenvalue weighted by atomic mass is 16.5. The van der Waals surface area contributed by atoms with Crippen LogP contribution in [0.4, 0.5) is 0 Å². The van der Waals surface area contributed by atoms with E-state index in [4.69, 9.17) is 9.15 Å². The number of hydrogen-bond donors (Lipinski definition) is 1. The second kappa shape index (κ2) is 6.28. The second-order valence-corrected chi connectivity index (χ2v) is 5.30. The number of nitrogens with zero attached hydrogens (tertiary/aromatic N) is 1. The minimum atomic E-state index is -0.713. The largest absolute Gasteiger partial charge is 0.450 e. The highest BCUT2D eigenvalue weighted by molar-refractivity contribution is 5.99. The van der Waals surface area contributed by atoms with E-state index < -0.39 is 6.10 Å². The summed E-state index contributed by atoms with van der Waals surface area (Å²) in [6, 6.07) is 5.84. The molecule has 1 aromatic heterocycles. The van der Waals surface area contributed by atoms with Crippen LogP contribution in [0.2, 0.25) is 0 Å². The van der Waals surface area contributed by atoms with Gasteiger partial charge in [0.15, 0.2) is 5.76 Å². The first-order chi connectivity index (χ1) is 9.95. The van der Waals surface area contributed by atoms with Crippen molar-refractivity contribution in [2.75, 3.05) is 27.3 Å². The summed E-state index contributed by atoms with van der Waals surface area (Å²) in [4.78, 5) is 13.9. The Morgan fingerprint density at radius 1 is 1.43 bits per heavy atom. The van der Waals surface area contributed by atoms with Crippen molar-refractivity contribution in [3.63, 3.8) is 0 Å². The van der Waals surface area contributed by atoms with Crippen LogP contribution in [0.1, 0.15) is 21.7 Å². The van der Waals surface area contributed by atoms with E-state index in [0.29, 0.717) is 5.76 Å². The molecule has 0 aliphatic carbocycles. The fourth-order valence-electron chi connectivity index (χ4n) is 2.41. The maximum absolute atomic E-state index is 12.5. The van der Waals surface area contributed by atoms with E-state index >= 15 is 0 Å². The second-order valence-electron chi connectivity index (χ2n) is 5.30. The van der Waals surface area contributed by atoms with E-state index in [1.807, 2.05) is 32.0 Å². The van der Waals surface area contributed by atoms with Gasteiger partial charge in [0, 0.05) is 31.7 Å². The number of aliphatic hydroxyl groups is 1. The number of amides is 1. The lowest BCUT2D eigenvalue weighted by Crippen LogP contribution is -2.36. The van der Waals surface area contributed by atoms with Gasteiger partial charge in [-0.25, -0.2) is 0 Å². The summed E-state index contributed by atoms with van der Waals surface area (Å²) in [6.45, 7) is 4.21. The third-order valence-electron chi connectivity index (χ3n) is 3.55. The smallest absolute Gasteiger partial charge is 0.289 e. The molecule has 0 aliphatic rings. The number of rotatable bonds is 5. The van der Waals surface area contributed by atoms with Crippen LogP contribution in [-0.2, 0) is 4.74 Å². The maximum atomic E-state index is 12.5. The first kappa shape index (κ1) is 15.5. The highest BCUT2D eigenvalue weighted by Crippen LogP contribution is 2.28. The Kier molecular flexibility index (Phi) is 4.65. The number of hydrogen-bond acceptors (Lipinski definition) is 4. The molecule has 0 saturated heterocycles. The summed E-state index contributed by atoms with van der Waals surface area (Å²) in [5.41, 5.74) is 2.56. The Morgan fingerprint density at radius 2 is 2.14 bits per heavy atom. The molecule has 0 saturated carbocycles. The number of furan rings is 1. The Hall–Kier alpha value is -1.85. The minimum Gasteiger partial charge on any atom is -0.450 e. The number of aliphatic hydroxyl groups excluding tert-OH is 1. The maximum Gasteiger partial charge on any atom is 0.289 e. The summed E-state index contributed by atoms with van der Waals surface area (Å²) in [7, 11) is 3.15. The van der Waals surface area contributed by atoms with Gasteiger partial charge in [-0.1, -0.05) is 18.2 Å². The van der Waals surface area contributed by atoms with Crippen molar-refractivity contribution in [1.82, 2.24) is 4.90 Å². The fraction of sp³-hybridized carbons (Fsp3) is 0.438. The predicted molar refractivity (Wildman–Crippen MR) is 80.5 cm³/mol. The molecule has 1 amide bonds. The summed E-state index contributed by atoms with van der Waals surface area (Å²) in [5.74, 6) is 0.0877. The monoisotopic (exact) mass is 291 g/mol. The summed E-state index contributed by atoms with van der Waals surface area (Å²) < 4.78 is 10.6. The molecule has 1 unspecified atom stereocenters. The van der Waals surface area contributed by atoms with Crippen LogP contribution >= 0.6 is 0 Å². The average molecular weight is 291 g/mol. The molecule has 0 aliphatic heterocycles. The van der Waals surface area contributed by atoms with Gasteiger partial charge in [0.2, 0.25) is 0 Å². The summed E-state index contributed by atoms with van der Waals surface area (Å²) >= 11 is 0. The molecule has 1 N–H and O–H groups in total. The van der Waals surface area contributed by atoms with Gasteiger partial charge in [0.05, 0.1) is 12.7 Å². The molecule has 21 heavy (non-hydrogen) atoms. The Balaban J connectivity index is 2.27. The van der Waals surface area contributed by atoms with Crippen molar-refractivity contribution in [3.05, 3.63) is 35.1 Å². The SMILES string of the molecule is COCC(O)CN(C)C(=O)c1oc2c(C)cccc2c1C. The summed E-state index contributed by atoms with van der Waals surface area (Å²) in [5, 5.41) is 10.7. The molecular weight excluding hydrogens is 270 g/mol. The van der Waals surface area contributed by atoms with Gasteiger partial charge in [0.1, 0.15) is 5.58 Å². The highest BCUT2D eigenvalue weighted by Gasteiger charge is 2.23. The zero-order chi connectivity index (χ0) is 15.6. The van der Waals surface area contributed by atoms with Gasteiger partial charge in [-0.05, 0) is 19.4 Å². The molecular formula is C16H21NO4. The van der Waals surface area contributed by atoms with E-state index in [1.165, 1.54) is 12.0 Å². The van der Waals surface area contributed by atoms with Gasteiger partial charge in [-0.2, -0.15) is 0 Å². The third-order valence-corrected chi connectivity index (χ3v) is 3.55. The van der Waals surface area contributed by atoms with Crippen molar-refractivity contribution in [2.24, 2.45) is 0 Å². The van der Waals surface area contributed by atoms with Crippen molar-refractivity contribution in [1.29, 1.82) is 0 Å². The molecule has 1 atom stereocenters. The number of methoxy groups -OCH3 is 1. The first-order valence-electron chi connectivity index (χ1n) is 6.87. The van der Waals surface area contributed by atoms with Crippen molar-refractivity contribution in [2.45, 2.75) is 20.0 Å². The molecule has 114 valence electrons. The van der Waals surface area contributed by atoms with E-state index in [1.54, 1.807) is 7.05 Å². The number of carbonyl (C=O) groups excluding carboxylic acids is 1. The lowest BCUT2D eigenvalue weighted by molar-refractivity contribution is 0.0368. The molecule has 0 bridgehead atoms. The number of ether oxygens (including phenoxy) is 1. The van der Waals surface area contributed by atoms with Gasteiger partial charge < -0.3 is 19.2 Å². The third kappa shape index (κ3) is 3.09. The molecule has 0 spiro atoms. The van der Waals surface area contributed by atoms with Crippen LogP contribution in [0.3, 0.4) is 0 Å². The number of benzene rings is 1. The average Bonchev–Trinajstić information content (AvgIpc) is 2.77. The molecule has 2 aromatic rings. The van der Waals surface area contributed by atoms with E-state index in [9.17, 15) is 9.90 Å². The quantitative estimate of drug-likeness (QED) is 0.916. The molecule has 1 heterocycles. The van der Waals surface area contributed by atoms with Crippen LogP contribution in [0.25, 0.3) is 11.0 Å². The van der Waals surface area contributed by atoms with Crippen LogP contribution in [0, 0.1) is 13.8 Å². The normalized spacial score (nSPS) is 12.6. The van der Waals surface area contributed by atoms with Gasteiger partial charge in [-0.15, -0.1) is 0 Å². The molecule has 0 radical (unpaired) electrons. The lowest BCUT2D eigenvalue weighted by atomic mass is 10.1. The van der Waals surface area contributed by atoms with E-state index in [0.717, 1.165) is 22.1 Å². The molecule has 5 nitrogen and oxygen atoms in total. The zero-order valence-corrected chi connectivity index (χ0v) is 12.8. The number of fused-ring (bicyclic) bond motifs is 1. The molecule has 5 heteroatoms. The van der Waals surface area contributed by atoms with Gasteiger partial charge in [-0.3, -0.25) is 4.79 Å². The number of para-hydroxylation sites is 1. The van der Waals surface area contributed by atoms with Gasteiger partial charge in [0.25, 0.3) is 5.91 Å². The Bertz CT molecular complexity index is 647. The topological polar surface area (TPSA) is 62.9 Å². The molecule has 0 fully saturated rings. The zero-order valence-electron chi connectivity index (χ0n) is 12.8. The Morgan fingerprint density at radius 3 is 2.76 bits per heavy atom. The van der Waals surface area contributed by atoms with E-state index in [2.05, 4.69) is 0 Å². The fourth-order valence-corrected chi connectivity index (χ4v) is 2.41. The Labute approximate surface area is 124 Å².